The Morgan fingerprint density at radius 2 is 2.00 bits per heavy atom. The fraction of sp³-hybridized carbons (Fsp3) is 0.667. The summed E-state index contributed by atoms with van der Waals surface area (Å²) >= 11 is 3.34. The molecule has 1 atom stereocenters. The molecule has 2 saturated heterocycles. The second-order valence-corrected chi connectivity index (χ2v) is 6.80. The van der Waals surface area contributed by atoms with Gasteiger partial charge in [-0.1, -0.05) is 0 Å². The minimum absolute atomic E-state index is 0.0174. The van der Waals surface area contributed by atoms with E-state index in [9.17, 15) is 4.79 Å². The molecule has 0 radical (unpaired) electrons. The van der Waals surface area contributed by atoms with Gasteiger partial charge in [0.25, 0.3) is 0 Å². The van der Waals surface area contributed by atoms with Crippen molar-refractivity contribution in [2.75, 3.05) is 31.2 Å². The number of nitrogens with one attached hydrogen (secondary N) is 1. The van der Waals surface area contributed by atoms with Crippen molar-refractivity contribution in [2.24, 2.45) is 5.92 Å². The van der Waals surface area contributed by atoms with Crippen LogP contribution in [0.15, 0.2) is 16.9 Å². The normalized spacial score (nSPS) is 23.3. The number of anilines is 1. The van der Waals surface area contributed by atoms with E-state index in [2.05, 4.69) is 36.1 Å². The molecular weight excluding hydrogens is 348 g/mol. The topological polar surface area (TPSA) is 67.3 Å². The van der Waals surface area contributed by atoms with E-state index in [1.165, 1.54) is 0 Å². The first kappa shape index (κ1) is 15.7. The van der Waals surface area contributed by atoms with Gasteiger partial charge in [0.05, 0.1) is 10.4 Å². The van der Waals surface area contributed by atoms with Crippen molar-refractivity contribution < 1.29 is 9.53 Å². The van der Waals surface area contributed by atoms with Crippen LogP contribution < -0.4 is 10.2 Å². The first-order valence-corrected chi connectivity index (χ1v) is 8.62. The fourth-order valence-electron chi connectivity index (χ4n) is 3.00. The third kappa shape index (κ3) is 3.95. The molecule has 1 unspecified atom stereocenters. The zero-order valence-electron chi connectivity index (χ0n) is 12.5. The van der Waals surface area contributed by atoms with E-state index >= 15 is 0 Å². The van der Waals surface area contributed by atoms with Gasteiger partial charge in [-0.25, -0.2) is 9.97 Å². The fourth-order valence-corrected chi connectivity index (χ4v) is 3.21. The lowest BCUT2D eigenvalue weighted by Crippen LogP contribution is -2.47. The molecule has 0 aromatic carbocycles. The zero-order chi connectivity index (χ0) is 15.4. The van der Waals surface area contributed by atoms with Crippen LogP contribution in [0, 0.1) is 5.92 Å². The average molecular weight is 369 g/mol. The predicted octanol–water partition coefficient (Wildman–Crippen LogP) is 1.75. The van der Waals surface area contributed by atoms with Crippen molar-refractivity contribution in [3.63, 3.8) is 0 Å². The molecule has 1 aromatic rings. The molecule has 120 valence electrons. The lowest BCUT2D eigenvalue weighted by molar-refractivity contribution is -0.126. The maximum Gasteiger partial charge on any atom is 0.225 e. The number of hydrogen-bond donors (Lipinski definition) is 1. The number of nitrogens with zero attached hydrogens (tertiary/aromatic N) is 3. The van der Waals surface area contributed by atoms with Crippen LogP contribution in [0.5, 0.6) is 0 Å². The predicted molar refractivity (Wildman–Crippen MR) is 86.7 cm³/mol. The van der Waals surface area contributed by atoms with E-state index < -0.39 is 0 Å². The van der Waals surface area contributed by atoms with Crippen molar-refractivity contribution in [1.82, 2.24) is 15.3 Å². The molecule has 0 saturated carbocycles. The maximum absolute atomic E-state index is 12.5. The Hall–Kier alpha value is -1.21. The van der Waals surface area contributed by atoms with Gasteiger partial charge in [0.15, 0.2) is 0 Å². The Balaban J connectivity index is 1.57. The number of carbonyl (C=O) groups excluding carboxylic acids is 1. The van der Waals surface area contributed by atoms with Gasteiger partial charge in [0, 0.05) is 44.7 Å². The highest BCUT2D eigenvalue weighted by atomic mass is 79.9. The number of rotatable bonds is 3. The quantitative estimate of drug-likeness (QED) is 0.880. The third-order valence-electron chi connectivity index (χ3n) is 4.25. The van der Waals surface area contributed by atoms with Crippen LogP contribution in [-0.4, -0.2) is 48.2 Å². The number of amides is 1. The van der Waals surface area contributed by atoms with Gasteiger partial charge in [0.1, 0.15) is 0 Å². The Labute approximate surface area is 138 Å². The molecule has 0 aliphatic carbocycles. The van der Waals surface area contributed by atoms with Gasteiger partial charge < -0.3 is 15.0 Å². The third-order valence-corrected chi connectivity index (χ3v) is 4.66. The molecule has 1 N–H and O–H groups in total. The van der Waals surface area contributed by atoms with E-state index in [0.29, 0.717) is 12.5 Å². The number of carbonyl (C=O) groups is 1. The van der Waals surface area contributed by atoms with Crippen molar-refractivity contribution in [3.05, 3.63) is 16.9 Å². The maximum atomic E-state index is 12.5. The van der Waals surface area contributed by atoms with Gasteiger partial charge in [-0.3, -0.25) is 4.79 Å². The first-order valence-electron chi connectivity index (χ1n) is 7.83. The van der Waals surface area contributed by atoms with Crippen LogP contribution in [-0.2, 0) is 9.53 Å². The highest BCUT2D eigenvalue weighted by Gasteiger charge is 2.28. The van der Waals surface area contributed by atoms with Gasteiger partial charge >= 0.3 is 0 Å². The van der Waals surface area contributed by atoms with E-state index in [1.54, 1.807) is 12.4 Å². The van der Waals surface area contributed by atoms with Crippen LogP contribution in [0.2, 0.25) is 0 Å². The van der Waals surface area contributed by atoms with Crippen LogP contribution in [0.3, 0.4) is 0 Å². The summed E-state index contributed by atoms with van der Waals surface area (Å²) in [6, 6.07) is 0.264. The van der Waals surface area contributed by atoms with Crippen LogP contribution in [0.1, 0.15) is 25.7 Å². The van der Waals surface area contributed by atoms with E-state index in [0.717, 1.165) is 49.9 Å². The standard InChI is InChI=1S/C15H21BrN4O2/c16-12-8-17-15(18-9-12)20-5-1-2-11(10-20)14(21)19-13-3-6-22-7-4-13/h8-9,11,13H,1-7,10H2,(H,19,21). The number of ether oxygens (including phenoxy) is 1. The summed E-state index contributed by atoms with van der Waals surface area (Å²) in [6.07, 6.45) is 7.24. The first-order chi connectivity index (χ1) is 10.7. The van der Waals surface area contributed by atoms with Crippen molar-refractivity contribution in [3.8, 4) is 0 Å². The van der Waals surface area contributed by atoms with E-state index in [1.807, 2.05) is 0 Å². The Kier molecular flexibility index (Phi) is 5.25. The molecule has 1 aromatic heterocycles. The molecule has 2 aliphatic heterocycles. The monoisotopic (exact) mass is 368 g/mol. The number of aromatic nitrogens is 2. The van der Waals surface area contributed by atoms with E-state index in [-0.39, 0.29) is 17.9 Å². The van der Waals surface area contributed by atoms with E-state index in [4.69, 9.17) is 4.74 Å². The van der Waals surface area contributed by atoms with Crippen LogP contribution in [0.4, 0.5) is 5.95 Å². The molecule has 0 bridgehead atoms. The molecular formula is C15H21BrN4O2. The van der Waals surface area contributed by atoms with Crippen molar-refractivity contribution >= 4 is 27.8 Å². The average Bonchev–Trinajstić information content (AvgIpc) is 2.56. The number of halogens is 1. The van der Waals surface area contributed by atoms with Gasteiger partial charge in [-0.15, -0.1) is 0 Å². The SMILES string of the molecule is O=C(NC1CCOCC1)C1CCCN(c2ncc(Br)cn2)C1. The summed E-state index contributed by atoms with van der Waals surface area (Å²) in [5, 5.41) is 3.18. The minimum Gasteiger partial charge on any atom is -0.381 e. The summed E-state index contributed by atoms with van der Waals surface area (Å²) in [5.41, 5.74) is 0. The number of piperidine rings is 1. The molecule has 6 nitrogen and oxygen atoms in total. The molecule has 3 heterocycles. The van der Waals surface area contributed by atoms with Crippen molar-refractivity contribution in [2.45, 2.75) is 31.7 Å². The summed E-state index contributed by atoms with van der Waals surface area (Å²) in [5.74, 6) is 0.879. The van der Waals surface area contributed by atoms with Crippen molar-refractivity contribution in [1.29, 1.82) is 0 Å². The van der Waals surface area contributed by atoms with Gasteiger partial charge in [-0.2, -0.15) is 0 Å². The lowest BCUT2D eigenvalue weighted by Gasteiger charge is -2.33. The summed E-state index contributed by atoms with van der Waals surface area (Å²) < 4.78 is 6.19. The molecule has 22 heavy (non-hydrogen) atoms. The Bertz CT molecular complexity index is 505. The lowest BCUT2D eigenvalue weighted by atomic mass is 9.96. The zero-order valence-corrected chi connectivity index (χ0v) is 14.1. The highest BCUT2D eigenvalue weighted by molar-refractivity contribution is 9.10. The van der Waals surface area contributed by atoms with Crippen LogP contribution in [0.25, 0.3) is 0 Å². The molecule has 7 heteroatoms. The van der Waals surface area contributed by atoms with Gasteiger partial charge in [0.2, 0.25) is 11.9 Å². The summed E-state index contributed by atoms with van der Waals surface area (Å²) in [4.78, 5) is 23.2. The second kappa shape index (κ2) is 7.37. The minimum atomic E-state index is 0.0174. The molecule has 2 fully saturated rings. The van der Waals surface area contributed by atoms with Crippen LogP contribution >= 0.6 is 15.9 Å². The molecule has 2 aliphatic rings. The van der Waals surface area contributed by atoms with Gasteiger partial charge in [-0.05, 0) is 41.6 Å². The smallest absolute Gasteiger partial charge is 0.225 e. The molecule has 3 rings (SSSR count). The summed E-state index contributed by atoms with van der Waals surface area (Å²) in [7, 11) is 0. The highest BCUT2D eigenvalue weighted by Crippen LogP contribution is 2.21. The summed E-state index contributed by atoms with van der Waals surface area (Å²) in [6.45, 7) is 3.09. The molecule has 0 spiro atoms. The molecule has 1 amide bonds. The largest absolute Gasteiger partial charge is 0.381 e. The number of hydrogen-bond acceptors (Lipinski definition) is 5. The second-order valence-electron chi connectivity index (χ2n) is 5.88. The Morgan fingerprint density at radius 1 is 1.27 bits per heavy atom. The Morgan fingerprint density at radius 3 is 2.73 bits per heavy atom.